The highest BCUT2D eigenvalue weighted by atomic mass is 32.1. The van der Waals surface area contributed by atoms with E-state index in [0.29, 0.717) is 0 Å². The van der Waals surface area contributed by atoms with Crippen molar-refractivity contribution in [3.63, 3.8) is 0 Å². The lowest BCUT2D eigenvalue weighted by Gasteiger charge is -2.34. The minimum atomic E-state index is -0.936. The van der Waals surface area contributed by atoms with Gasteiger partial charge in [0.1, 0.15) is 0 Å². The first kappa shape index (κ1) is 23.3. The van der Waals surface area contributed by atoms with Crippen LogP contribution in [0.4, 0.5) is 0 Å². The van der Waals surface area contributed by atoms with E-state index in [1.54, 1.807) is 0 Å². The van der Waals surface area contributed by atoms with Crippen molar-refractivity contribution >= 4 is 84.5 Å². The predicted molar refractivity (Wildman–Crippen MR) is 155 cm³/mol. The van der Waals surface area contributed by atoms with Crippen LogP contribution in [0.25, 0.3) is 0 Å². The summed E-state index contributed by atoms with van der Waals surface area (Å²) in [6.45, 7) is 0. The van der Waals surface area contributed by atoms with Gasteiger partial charge in [-0.2, -0.15) is 0 Å². The molecule has 4 aliphatic rings. The zero-order valence-corrected chi connectivity index (χ0v) is 21.8. The number of hydrogen-bond donors (Lipinski definition) is 1. The minimum absolute atomic E-state index is 0.795. The maximum Gasteiger partial charge on any atom is 0.0317 e. The van der Waals surface area contributed by atoms with Gasteiger partial charge in [0.2, 0.25) is 0 Å². The summed E-state index contributed by atoms with van der Waals surface area (Å²) in [7, 11) is -1.87. The molecule has 0 spiro atoms. The van der Waals surface area contributed by atoms with Crippen LogP contribution in [0, 0.1) is 0 Å². The lowest BCUT2D eigenvalue weighted by atomic mass is 10.2. The molecule has 0 unspecified atom stereocenters. The number of rotatable bonds is 6. The fourth-order valence-electron chi connectivity index (χ4n) is 3.50. The monoisotopic (exact) mass is 513 g/mol. The summed E-state index contributed by atoms with van der Waals surface area (Å²) >= 11 is 23.2. The van der Waals surface area contributed by atoms with E-state index in [4.69, 9.17) is 48.9 Å². The van der Waals surface area contributed by atoms with Crippen molar-refractivity contribution in [2.45, 2.75) is 25.7 Å². The van der Waals surface area contributed by atoms with Gasteiger partial charge in [0, 0.05) is 82.5 Å². The Morgan fingerprint density at radius 2 is 0.742 bits per heavy atom. The van der Waals surface area contributed by atoms with Crippen LogP contribution in [0.1, 0.15) is 25.7 Å². The smallest absolute Gasteiger partial charge is 0.0317 e. The molecule has 0 heterocycles. The van der Waals surface area contributed by atoms with E-state index >= 15 is 0 Å². The van der Waals surface area contributed by atoms with E-state index in [2.05, 4.69) is 77.8 Å². The Hall–Kier alpha value is -0.900. The van der Waals surface area contributed by atoms with Crippen molar-refractivity contribution in [1.29, 1.82) is 0 Å². The first-order valence-electron chi connectivity index (χ1n) is 10.0. The van der Waals surface area contributed by atoms with Crippen LogP contribution in [0.15, 0.2) is 94.2 Å². The van der Waals surface area contributed by atoms with E-state index in [1.807, 2.05) is 0 Å². The van der Waals surface area contributed by atoms with Crippen molar-refractivity contribution in [2.24, 2.45) is 0 Å². The van der Waals surface area contributed by atoms with Crippen LogP contribution in [0.3, 0.4) is 0 Å². The maximum atomic E-state index is 5.80. The molecule has 0 radical (unpaired) electrons. The fourth-order valence-corrected chi connectivity index (χ4v) is 10.6. The van der Waals surface area contributed by atoms with Crippen molar-refractivity contribution in [1.82, 2.24) is 4.86 Å². The Balaban J connectivity index is 1.80. The van der Waals surface area contributed by atoms with Gasteiger partial charge in [-0.1, -0.05) is 122 Å². The summed E-state index contributed by atoms with van der Waals surface area (Å²) in [4.78, 5) is 7.95. The van der Waals surface area contributed by atoms with E-state index in [1.165, 1.54) is 21.3 Å². The number of allylic oxidation sites excluding steroid dienone is 16. The van der Waals surface area contributed by atoms with Gasteiger partial charge in [0.25, 0.3) is 0 Å². The van der Waals surface area contributed by atoms with Crippen molar-refractivity contribution < 1.29 is 0 Å². The van der Waals surface area contributed by atoms with Crippen LogP contribution < -0.4 is 4.86 Å². The largest absolute Gasteiger partial charge is 0.259 e. The first-order chi connectivity index (χ1) is 15.1. The number of nitrogens with one attached hydrogen (secondary N) is 1. The summed E-state index contributed by atoms with van der Waals surface area (Å²) < 4.78 is 0. The van der Waals surface area contributed by atoms with E-state index < -0.39 is 16.1 Å². The maximum absolute atomic E-state index is 5.80. The third kappa shape index (κ3) is 5.37. The second kappa shape index (κ2) is 10.8. The van der Waals surface area contributed by atoms with E-state index in [-0.39, 0.29) is 0 Å². The molecule has 7 heteroatoms. The standard InChI is InChI=1S/C24H21NP2S4/c28-21-13-5-1-9-17(21)26(18-10-2-6-14-22(18)29)25-27(19-11-3-7-15-23(19)30)20-12-4-8-16-24(20)31/h1-12,25H,13-16H2. The molecular formula is C24H21NP2S4. The van der Waals surface area contributed by atoms with Gasteiger partial charge in [-0.15, -0.1) is 0 Å². The van der Waals surface area contributed by atoms with Crippen LogP contribution in [-0.2, 0) is 0 Å². The summed E-state index contributed by atoms with van der Waals surface area (Å²) in [5.41, 5.74) is 0. The summed E-state index contributed by atoms with van der Waals surface area (Å²) in [6, 6.07) is 0. The van der Waals surface area contributed by atoms with Crippen molar-refractivity contribution in [2.75, 3.05) is 0 Å². The SMILES string of the molecule is S=C1CC=CC=C1P(NP(C1=CC=CCC1=S)C1=CC=CCC1=S)C1=CC=CCC1=S. The number of hydrogen-bond acceptors (Lipinski definition) is 5. The Morgan fingerprint density at radius 1 is 0.484 bits per heavy atom. The fraction of sp³-hybridized carbons (Fsp3) is 0.167. The van der Waals surface area contributed by atoms with E-state index in [9.17, 15) is 0 Å². The summed E-state index contributed by atoms with van der Waals surface area (Å²) in [5, 5.41) is 4.72. The molecular weight excluding hydrogens is 492 g/mol. The van der Waals surface area contributed by atoms with Gasteiger partial charge in [0.05, 0.1) is 0 Å². The quantitative estimate of drug-likeness (QED) is 0.283. The molecule has 0 saturated heterocycles. The lowest BCUT2D eigenvalue weighted by Crippen LogP contribution is -2.18. The summed E-state index contributed by atoms with van der Waals surface area (Å²) in [5.74, 6) is 0. The van der Waals surface area contributed by atoms with Gasteiger partial charge >= 0.3 is 0 Å². The van der Waals surface area contributed by atoms with Crippen molar-refractivity contribution in [3.05, 3.63) is 94.2 Å². The molecule has 0 aliphatic heterocycles. The molecule has 156 valence electrons. The predicted octanol–water partition coefficient (Wildman–Crippen LogP) is 8.22. The van der Waals surface area contributed by atoms with Crippen LogP contribution in [-0.4, -0.2) is 19.5 Å². The molecule has 4 rings (SSSR count). The van der Waals surface area contributed by atoms with Crippen LogP contribution >= 0.6 is 65.0 Å². The van der Waals surface area contributed by atoms with Gasteiger partial charge in [-0.25, -0.2) is 0 Å². The normalized spacial score (nSPS) is 21.0. The number of thiocarbonyl (C=S) groups is 4. The molecule has 0 aromatic heterocycles. The molecule has 4 aliphatic carbocycles. The highest BCUT2D eigenvalue weighted by Gasteiger charge is 2.32. The molecule has 0 fully saturated rings. The van der Waals surface area contributed by atoms with Gasteiger partial charge < -0.3 is 0 Å². The van der Waals surface area contributed by atoms with Crippen LogP contribution in [0.5, 0.6) is 0 Å². The van der Waals surface area contributed by atoms with Crippen LogP contribution in [0.2, 0.25) is 0 Å². The second-order valence-corrected chi connectivity index (χ2v) is 13.2. The van der Waals surface area contributed by atoms with Gasteiger partial charge in [-0.05, 0) is 0 Å². The molecule has 0 amide bonds. The average molecular weight is 514 g/mol. The van der Waals surface area contributed by atoms with Gasteiger partial charge in [-0.3, -0.25) is 4.86 Å². The zero-order chi connectivity index (χ0) is 21.8. The molecule has 0 bridgehead atoms. The summed E-state index contributed by atoms with van der Waals surface area (Å²) in [6.07, 6.45) is 28.7. The molecule has 31 heavy (non-hydrogen) atoms. The third-order valence-corrected chi connectivity index (χ3v) is 12.4. The second-order valence-electron chi connectivity index (χ2n) is 7.20. The third-order valence-electron chi connectivity index (χ3n) is 5.08. The Morgan fingerprint density at radius 3 is 0.968 bits per heavy atom. The Bertz CT molecular complexity index is 929. The minimum Gasteiger partial charge on any atom is -0.259 e. The van der Waals surface area contributed by atoms with Crippen molar-refractivity contribution in [3.8, 4) is 0 Å². The lowest BCUT2D eigenvalue weighted by molar-refractivity contribution is 1.45. The zero-order valence-electron chi connectivity index (χ0n) is 16.8. The van der Waals surface area contributed by atoms with E-state index in [0.717, 1.165) is 45.1 Å². The Labute approximate surface area is 208 Å². The average Bonchev–Trinajstić information content (AvgIpc) is 2.78. The van der Waals surface area contributed by atoms with Gasteiger partial charge in [0.15, 0.2) is 0 Å². The molecule has 1 N–H and O–H groups in total. The molecule has 0 atom stereocenters. The first-order valence-corrected chi connectivity index (χ1v) is 14.3. The topological polar surface area (TPSA) is 12.0 Å². The highest BCUT2D eigenvalue weighted by molar-refractivity contribution is 7.90. The molecule has 0 aromatic rings. The highest BCUT2D eigenvalue weighted by Crippen LogP contribution is 2.63. The molecule has 0 saturated carbocycles. The molecule has 1 nitrogen and oxygen atoms in total. The Kier molecular flexibility index (Phi) is 8.11. The molecule has 0 aromatic carbocycles.